The van der Waals surface area contributed by atoms with Crippen LogP contribution in [0, 0.1) is 17.2 Å². The van der Waals surface area contributed by atoms with Gasteiger partial charge in [-0.25, -0.2) is 0 Å². The molecule has 1 aliphatic carbocycles. The molecule has 0 atom stereocenters. The largest absolute Gasteiger partial charge is 0.267 e. The molecule has 5 heteroatoms. The minimum Gasteiger partial charge on any atom is -0.267 e. The summed E-state index contributed by atoms with van der Waals surface area (Å²) in [4.78, 5) is 0. The Bertz CT molecular complexity index is 284. The second kappa shape index (κ2) is 3.42. The van der Waals surface area contributed by atoms with Gasteiger partial charge in [-0.05, 0) is 19.8 Å². The summed E-state index contributed by atoms with van der Waals surface area (Å²) >= 11 is 0. The predicted molar refractivity (Wildman–Crippen MR) is 42.7 cm³/mol. The molecule has 0 bridgehead atoms. The van der Waals surface area contributed by atoms with Gasteiger partial charge in [-0.2, -0.15) is 13.7 Å². The summed E-state index contributed by atoms with van der Waals surface area (Å²) in [5.74, 6) is -0.0113. The molecule has 0 aromatic heterocycles. The quantitative estimate of drug-likeness (QED) is 0.611. The van der Waals surface area contributed by atoms with Crippen LogP contribution in [0.25, 0.3) is 0 Å². The van der Waals surface area contributed by atoms with Crippen LogP contribution in [0.2, 0.25) is 0 Å². The third-order valence-corrected chi connectivity index (χ3v) is 3.19. The fourth-order valence-corrected chi connectivity index (χ4v) is 1.73. The Morgan fingerprint density at radius 1 is 1.58 bits per heavy atom. The molecule has 1 fully saturated rings. The van der Waals surface area contributed by atoms with Crippen LogP contribution in [0.15, 0.2) is 0 Å². The van der Waals surface area contributed by atoms with Gasteiger partial charge >= 0.3 is 0 Å². The Morgan fingerprint density at radius 3 is 2.58 bits per heavy atom. The van der Waals surface area contributed by atoms with Crippen molar-refractivity contribution in [3.05, 3.63) is 0 Å². The average Bonchev–Trinajstić information content (AvgIpc) is 1.96. The summed E-state index contributed by atoms with van der Waals surface area (Å²) in [6, 6.07) is 2.06. The van der Waals surface area contributed by atoms with Gasteiger partial charge in [0.25, 0.3) is 10.1 Å². The fourth-order valence-electron chi connectivity index (χ4n) is 1.02. The maximum absolute atomic E-state index is 10.9. The zero-order valence-electron chi connectivity index (χ0n) is 6.86. The van der Waals surface area contributed by atoms with E-state index in [9.17, 15) is 8.42 Å². The Morgan fingerprint density at radius 2 is 2.17 bits per heavy atom. The van der Waals surface area contributed by atoms with Crippen LogP contribution in [-0.2, 0) is 14.3 Å². The molecule has 1 rings (SSSR count). The van der Waals surface area contributed by atoms with Crippen LogP contribution in [0.4, 0.5) is 0 Å². The molecule has 0 heterocycles. The minimum absolute atomic E-state index is 0.000715. The summed E-state index contributed by atoms with van der Waals surface area (Å²) in [7, 11) is -3.32. The van der Waals surface area contributed by atoms with Crippen LogP contribution >= 0.6 is 0 Å². The van der Waals surface area contributed by atoms with Crippen molar-refractivity contribution in [3.8, 4) is 6.07 Å². The van der Waals surface area contributed by atoms with Gasteiger partial charge in [0.15, 0.2) is 0 Å². The highest BCUT2D eigenvalue weighted by Crippen LogP contribution is 2.30. The smallest absolute Gasteiger partial charge is 0.267 e. The second-order valence-corrected chi connectivity index (χ2v) is 4.75. The molecule has 0 unspecified atom stereocenters. The molecule has 0 spiro atoms. The molecule has 0 amide bonds. The van der Waals surface area contributed by atoms with Crippen LogP contribution < -0.4 is 0 Å². The van der Waals surface area contributed by atoms with Gasteiger partial charge in [0.1, 0.15) is 0 Å². The summed E-state index contributed by atoms with van der Waals surface area (Å²) in [5, 5.41) is 8.40. The van der Waals surface area contributed by atoms with E-state index in [0.717, 1.165) is 0 Å². The van der Waals surface area contributed by atoms with Crippen molar-refractivity contribution in [3.63, 3.8) is 0 Å². The van der Waals surface area contributed by atoms with E-state index in [1.54, 1.807) is 0 Å². The van der Waals surface area contributed by atoms with E-state index < -0.39 is 10.1 Å². The third-order valence-electron chi connectivity index (χ3n) is 1.91. The van der Waals surface area contributed by atoms with Gasteiger partial charge < -0.3 is 0 Å². The first-order chi connectivity index (χ1) is 5.57. The molecule has 0 aromatic carbocycles. The molecule has 68 valence electrons. The van der Waals surface area contributed by atoms with E-state index in [-0.39, 0.29) is 17.8 Å². The number of nitriles is 1. The topological polar surface area (TPSA) is 67.2 Å². The van der Waals surface area contributed by atoms with Gasteiger partial charge in [0, 0.05) is 0 Å². The molecule has 1 saturated carbocycles. The van der Waals surface area contributed by atoms with Crippen molar-refractivity contribution < 1.29 is 12.6 Å². The first-order valence-corrected chi connectivity index (χ1v) is 5.45. The van der Waals surface area contributed by atoms with Gasteiger partial charge in [-0.15, -0.1) is 0 Å². The van der Waals surface area contributed by atoms with Crippen LogP contribution in [0.3, 0.4) is 0 Å². The van der Waals surface area contributed by atoms with Crippen molar-refractivity contribution in [2.75, 3.05) is 5.75 Å². The summed E-state index contributed by atoms with van der Waals surface area (Å²) in [5.41, 5.74) is 0. The molecule has 4 nitrogen and oxygen atoms in total. The lowest BCUT2D eigenvalue weighted by atomic mass is 9.84. The number of hydrogen-bond donors (Lipinski definition) is 0. The average molecular weight is 189 g/mol. The number of nitrogens with zero attached hydrogens (tertiary/aromatic N) is 1. The predicted octanol–water partition coefficient (Wildman–Crippen LogP) is 0.655. The molecule has 0 saturated heterocycles. The van der Waals surface area contributed by atoms with Crippen molar-refractivity contribution in [1.82, 2.24) is 0 Å². The zero-order valence-corrected chi connectivity index (χ0v) is 7.67. The highest BCUT2D eigenvalue weighted by atomic mass is 32.2. The Labute approximate surface area is 72.3 Å². The van der Waals surface area contributed by atoms with Gasteiger partial charge in [-0.1, -0.05) is 0 Å². The van der Waals surface area contributed by atoms with Crippen LogP contribution in [0.5, 0.6) is 0 Å². The van der Waals surface area contributed by atoms with Crippen molar-refractivity contribution >= 4 is 10.1 Å². The lowest BCUT2D eigenvalue weighted by Gasteiger charge is -2.29. The van der Waals surface area contributed by atoms with E-state index in [4.69, 9.17) is 9.44 Å². The first-order valence-electron chi connectivity index (χ1n) is 3.88. The van der Waals surface area contributed by atoms with Gasteiger partial charge in [0.05, 0.1) is 23.8 Å². The minimum atomic E-state index is -3.32. The van der Waals surface area contributed by atoms with Gasteiger partial charge in [0.2, 0.25) is 0 Å². The van der Waals surface area contributed by atoms with E-state index in [1.807, 2.05) is 0 Å². The lowest BCUT2D eigenvalue weighted by molar-refractivity contribution is 0.0963. The third kappa shape index (κ3) is 2.19. The highest BCUT2D eigenvalue weighted by molar-refractivity contribution is 7.86. The van der Waals surface area contributed by atoms with Crippen molar-refractivity contribution in [2.45, 2.75) is 25.9 Å². The normalized spacial score (nSPS) is 29.0. The van der Waals surface area contributed by atoms with Crippen molar-refractivity contribution in [1.29, 1.82) is 5.26 Å². The number of rotatable bonds is 3. The van der Waals surface area contributed by atoms with Crippen LogP contribution in [-0.4, -0.2) is 20.3 Å². The molecule has 0 radical (unpaired) electrons. The summed E-state index contributed by atoms with van der Waals surface area (Å²) in [6.07, 6.45) is 0.852. The molecular formula is C7H11NO3S. The van der Waals surface area contributed by atoms with E-state index in [1.165, 1.54) is 6.92 Å². The van der Waals surface area contributed by atoms with Gasteiger partial charge in [-0.3, -0.25) is 4.18 Å². The first kappa shape index (κ1) is 9.49. The van der Waals surface area contributed by atoms with Crippen LogP contribution in [0.1, 0.15) is 19.8 Å². The fraction of sp³-hybridized carbons (Fsp3) is 0.857. The maximum Gasteiger partial charge on any atom is 0.267 e. The molecule has 12 heavy (non-hydrogen) atoms. The van der Waals surface area contributed by atoms with E-state index in [2.05, 4.69) is 6.07 Å². The summed E-state index contributed by atoms with van der Waals surface area (Å²) < 4.78 is 26.6. The Balaban J connectivity index is 2.34. The molecule has 0 aliphatic heterocycles. The molecule has 1 aliphatic rings. The Hall–Kier alpha value is -0.600. The Kier molecular flexibility index (Phi) is 2.70. The molecule has 0 aromatic rings. The van der Waals surface area contributed by atoms with E-state index in [0.29, 0.717) is 12.8 Å². The number of hydrogen-bond acceptors (Lipinski definition) is 4. The molecule has 0 N–H and O–H groups in total. The maximum atomic E-state index is 10.9. The SMILES string of the molecule is CCS(=O)(=O)OC1CC(C#N)C1. The monoisotopic (exact) mass is 189 g/mol. The standard InChI is InChI=1S/C7H11NO3S/c1-2-12(9,10)11-7-3-6(4-7)5-8/h6-7H,2-4H2,1H3. The summed E-state index contributed by atoms with van der Waals surface area (Å²) in [6.45, 7) is 1.54. The second-order valence-electron chi connectivity index (χ2n) is 2.86. The van der Waals surface area contributed by atoms with E-state index >= 15 is 0 Å². The highest BCUT2D eigenvalue weighted by Gasteiger charge is 2.32. The molecular weight excluding hydrogens is 178 g/mol. The van der Waals surface area contributed by atoms with Crippen molar-refractivity contribution in [2.24, 2.45) is 5.92 Å². The zero-order chi connectivity index (χ0) is 9.19. The lowest BCUT2D eigenvalue weighted by Crippen LogP contribution is -2.32.